The molecule has 1 aromatic heterocycles. The van der Waals surface area contributed by atoms with E-state index in [2.05, 4.69) is 15.3 Å². The third kappa shape index (κ3) is 3.52. The molecule has 16 heavy (non-hydrogen) atoms. The van der Waals surface area contributed by atoms with Gasteiger partial charge in [0.05, 0.1) is 6.20 Å². The first-order valence-corrected chi connectivity index (χ1v) is 6.55. The number of aromatic nitrogens is 2. The fourth-order valence-electron chi connectivity index (χ4n) is 1.20. The van der Waals surface area contributed by atoms with Crippen LogP contribution in [-0.4, -0.2) is 42.1 Å². The van der Waals surface area contributed by atoms with E-state index < -0.39 is 0 Å². The van der Waals surface area contributed by atoms with Crippen molar-refractivity contribution in [3.63, 3.8) is 0 Å². The van der Waals surface area contributed by atoms with E-state index in [9.17, 15) is 4.39 Å². The van der Waals surface area contributed by atoms with Gasteiger partial charge in [0.15, 0.2) is 11.6 Å². The van der Waals surface area contributed by atoms with E-state index in [1.165, 1.54) is 6.20 Å². The summed E-state index contributed by atoms with van der Waals surface area (Å²) in [6, 6.07) is 0. The zero-order valence-electron chi connectivity index (χ0n) is 9.83. The molecule has 0 aromatic carbocycles. The molecule has 0 unspecified atom stereocenters. The van der Waals surface area contributed by atoms with E-state index in [1.807, 2.05) is 20.2 Å². The van der Waals surface area contributed by atoms with Crippen molar-refractivity contribution in [2.45, 2.75) is 6.92 Å². The molecule has 0 aliphatic rings. The molecule has 0 aliphatic heterocycles. The molecule has 0 bridgehead atoms. The number of thioether (sulfide) groups is 1. The van der Waals surface area contributed by atoms with Crippen LogP contribution in [0.5, 0.6) is 0 Å². The summed E-state index contributed by atoms with van der Waals surface area (Å²) in [6.45, 7) is 3.43. The summed E-state index contributed by atoms with van der Waals surface area (Å²) in [4.78, 5) is 9.80. The van der Waals surface area contributed by atoms with Crippen LogP contribution in [0.4, 0.5) is 16.2 Å². The summed E-state index contributed by atoms with van der Waals surface area (Å²) in [5.41, 5.74) is 0. The topological polar surface area (TPSA) is 41.1 Å². The highest BCUT2D eigenvalue weighted by molar-refractivity contribution is 7.98. The normalized spacial score (nSPS) is 10.2. The van der Waals surface area contributed by atoms with E-state index in [0.717, 1.165) is 18.8 Å². The van der Waals surface area contributed by atoms with Gasteiger partial charge in [-0.15, -0.1) is 0 Å². The smallest absolute Gasteiger partial charge is 0.224 e. The number of nitrogens with one attached hydrogen (secondary N) is 1. The van der Waals surface area contributed by atoms with Gasteiger partial charge in [0, 0.05) is 25.9 Å². The maximum atomic E-state index is 13.5. The van der Waals surface area contributed by atoms with Gasteiger partial charge in [-0.2, -0.15) is 16.7 Å². The Hall–Kier alpha value is -1.04. The van der Waals surface area contributed by atoms with Gasteiger partial charge < -0.3 is 10.2 Å². The molecule has 0 saturated carbocycles. The van der Waals surface area contributed by atoms with Crippen LogP contribution in [0.25, 0.3) is 0 Å². The second-order valence-electron chi connectivity index (χ2n) is 3.31. The highest BCUT2D eigenvalue weighted by atomic mass is 32.2. The Morgan fingerprint density at radius 1 is 1.56 bits per heavy atom. The molecule has 1 rings (SSSR count). The van der Waals surface area contributed by atoms with Gasteiger partial charge in [-0.1, -0.05) is 0 Å². The van der Waals surface area contributed by atoms with E-state index >= 15 is 0 Å². The largest absolute Gasteiger partial charge is 0.356 e. The Labute approximate surface area is 99.7 Å². The van der Waals surface area contributed by atoms with Crippen LogP contribution in [-0.2, 0) is 0 Å². The van der Waals surface area contributed by atoms with Crippen molar-refractivity contribution < 1.29 is 4.39 Å². The molecule has 0 spiro atoms. The Morgan fingerprint density at radius 2 is 2.31 bits per heavy atom. The molecule has 0 saturated heterocycles. The quantitative estimate of drug-likeness (QED) is 0.827. The van der Waals surface area contributed by atoms with Crippen LogP contribution in [0.3, 0.4) is 0 Å². The SMILES string of the molecule is CCNc1ncc(F)c(N(C)CCSC)n1. The highest BCUT2D eigenvalue weighted by Gasteiger charge is 2.10. The lowest BCUT2D eigenvalue weighted by Crippen LogP contribution is -2.23. The van der Waals surface area contributed by atoms with Crippen LogP contribution in [0.2, 0.25) is 0 Å². The zero-order valence-corrected chi connectivity index (χ0v) is 10.6. The van der Waals surface area contributed by atoms with Crippen molar-refractivity contribution in [2.75, 3.05) is 42.4 Å². The van der Waals surface area contributed by atoms with Gasteiger partial charge in [-0.3, -0.25) is 0 Å². The average Bonchev–Trinajstić information content (AvgIpc) is 2.29. The van der Waals surface area contributed by atoms with Crippen LogP contribution in [0, 0.1) is 5.82 Å². The number of rotatable bonds is 6. The zero-order chi connectivity index (χ0) is 12.0. The number of anilines is 2. The third-order valence-electron chi connectivity index (χ3n) is 2.05. The summed E-state index contributed by atoms with van der Waals surface area (Å²) >= 11 is 1.72. The second-order valence-corrected chi connectivity index (χ2v) is 4.30. The Kier molecular flexibility index (Phi) is 5.31. The Morgan fingerprint density at radius 3 is 2.94 bits per heavy atom. The van der Waals surface area contributed by atoms with Crippen molar-refractivity contribution in [2.24, 2.45) is 0 Å². The maximum Gasteiger partial charge on any atom is 0.224 e. The number of nitrogens with zero attached hydrogens (tertiary/aromatic N) is 3. The predicted octanol–water partition coefficient (Wildman–Crippen LogP) is 1.85. The van der Waals surface area contributed by atoms with Crippen LogP contribution in [0.15, 0.2) is 6.20 Å². The Bertz CT molecular complexity index is 335. The fourth-order valence-corrected chi connectivity index (χ4v) is 1.66. The fraction of sp³-hybridized carbons (Fsp3) is 0.600. The van der Waals surface area contributed by atoms with Gasteiger partial charge in [0.25, 0.3) is 0 Å². The van der Waals surface area contributed by atoms with E-state index in [0.29, 0.717) is 11.8 Å². The van der Waals surface area contributed by atoms with Crippen LogP contribution < -0.4 is 10.2 Å². The Balaban J connectivity index is 2.79. The van der Waals surface area contributed by atoms with Gasteiger partial charge >= 0.3 is 0 Å². The third-order valence-corrected chi connectivity index (χ3v) is 2.64. The first kappa shape index (κ1) is 13.0. The van der Waals surface area contributed by atoms with Gasteiger partial charge in [0.2, 0.25) is 5.95 Å². The minimum atomic E-state index is -0.384. The second kappa shape index (κ2) is 6.52. The molecule has 4 nitrogen and oxygen atoms in total. The molecule has 90 valence electrons. The standard InChI is InChI=1S/C10H17FN4S/c1-4-12-10-13-7-8(11)9(14-10)15(2)5-6-16-3/h7H,4-6H2,1-3H3,(H,12,13,14). The lowest BCUT2D eigenvalue weighted by molar-refractivity contribution is 0.609. The molecule has 0 radical (unpaired) electrons. The van der Waals surface area contributed by atoms with E-state index in [1.54, 1.807) is 16.7 Å². The molecule has 1 heterocycles. The summed E-state index contributed by atoms with van der Waals surface area (Å²) in [7, 11) is 1.83. The van der Waals surface area contributed by atoms with Gasteiger partial charge in [0.1, 0.15) is 0 Å². The first-order valence-electron chi connectivity index (χ1n) is 5.15. The molecule has 0 atom stereocenters. The summed E-state index contributed by atoms with van der Waals surface area (Å²) in [5, 5.41) is 2.97. The first-order chi connectivity index (χ1) is 7.69. The molecule has 6 heteroatoms. The maximum absolute atomic E-state index is 13.5. The van der Waals surface area contributed by atoms with Crippen molar-refractivity contribution in [1.29, 1.82) is 0 Å². The lowest BCUT2D eigenvalue weighted by Gasteiger charge is -2.18. The van der Waals surface area contributed by atoms with Crippen LogP contribution in [0.1, 0.15) is 6.92 Å². The molecule has 0 fully saturated rings. The lowest BCUT2D eigenvalue weighted by atomic mass is 10.5. The van der Waals surface area contributed by atoms with Gasteiger partial charge in [-0.25, -0.2) is 9.37 Å². The van der Waals surface area contributed by atoms with Crippen molar-refractivity contribution in [3.05, 3.63) is 12.0 Å². The number of hydrogen-bond acceptors (Lipinski definition) is 5. The average molecular weight is 244 g/mol. The minimum absolute atomic E-state index is 0.347. The summed E-state index contributed by atoms with van der Waals surface area (Å²) in [6.07, 6.45) is 3.23. The van der Waals surface area contributed by atoms with E-state index in [-0.39, 0.29) is 5.82 Å². The van der Waals surface area contributed by atoms with E-state index in [4.69, 9.17) is 0 Å². The molecule has 0 aliphatic carbocycles. The number of halogens is 1. The molecule has 1 aromatic rings. The molecule has 0 amide bonds. The summed E-state index contributed by atoms with van der Waals surface area (Å²) in [5.74, 6) is 1.37. The highest BCUT2D eigenvalue weighted by Crippen LogP contribution is 2.16. The monoisotopic (exact) mass is 244 g/mol. The molecular weight excluding hydrogens is 227 g/mol. The predicted molar refractivity (Wildman–Crippen MR) is 67.8 cm³/mol. The van der Waals surface area contributed by atoms with Crippen molar-refractivity contribution in [1.82, 2.24) is 9.97 Å². The van der Waals surface area contributed by atoms with Crippen molar-refractivity contribution in [3.8, 4) is 0 Å². The minimum Gasteiger partial charge on any atom is -0.356 e. The van der Waals surface area contributed by atoms with Gasteiger partial charge in [-0.05, 0) is 13.2 Å². The summed E-state index contributed by atoms with van der Waals surface area (Å²) < 4.78 is 13.5. The number of hydrogen-bond donors (Lipinski definition) is 1. The van der Waals surface area contributed by atoms with Crippen LogP contribution >= 0.6 is 11.8 Å². The molecule has 1 N–H and O–H groups in total. The van der Waals surface area contributed by atoms with Crippen molar-refractivity contribution >= 4 is 23.5 Å². The molecular formula is C10H17FN4S.